The highest BCUT2D eigenvalue weighted by Gasteiger charge is 2.17. The molecule has 3 aromatic rings. The van der Waals surface area contributed by atoms with Crippen molar-refractivity contribution in [1.29, 1.82) is 0 Å². The summed E-state index contributed by atoms with van der Waals surface area (Å²) in [4.78, 5) is 42.0. The van der Waals surface area contributed by atoms with Crippen molar-refractivity contribution in [2.75, 3.05) is 38.1 Å². The van der Waals surface area contributed by atoms with Gasteiger partial charge in [0.2, 0.25) is 0 Å². The second kappa shape index (κ2) is 11.2. The first-order valence-electron chi connectivity index (χ1n) is 9.54. The van der Waals surface area contributed by atoms with Crippen molar-refractivity contribution in [3.63, 3.8) is 0 Å². The van der Waals surface area contributed by atoms with Crippen molar-refractivity contribution in [3.8, 4) is 11.4 Å². The van der Waals surface area contributed by atoms with E-state index in [-0.39, 0.29) is 18.7 Å². The number of H-pyrrole nitrogens is 1. The number of carboxylic acid groups (broad SMARTS) is 2. The van der Waals surface area contributed by atoms with E-state index in [0.717, 1.165) is 53.5 Å². The molecule has 1 saturated heterocycles. The van der Waals surface area contributed by atoms with Crippen LogP contribution in [0.15, 0.2) is 23.6 Å². The average molecular weight is 447 g/mol. The number of aromatic amines is 1. The SMILES string of the molecule is CC(=O)c1cc(-c2nc3c(C)cc(N4CCN(C)CC4)cc3[nH]2)cs1.O=CO.O=CO. The molecule has 1 fully saturated rings. The fourth-order valence-corrected chi connectivity index (χ4v) is 4.10. The van der Waals surface area contributed by atoms with Gasteiger partial charge in [-0.1, -0.05) is 0 Å². The standard InChI is InChI=1S/C19H22N4OS.2CH2O2/c1-12-8-15(23-6-4-22(3)5-7-23)10-16-18(12)21-19(20-16)14-9-17(13(2)24)25-11-14;2*2-1-3/h8-11H,4-7H2,1-3H3,(H,20,21);2*1H,(H,2,3). The number of Topliss-reactive ketones (excluding diaryl/α,β-unsaturated/α-hetero) is 1. The van der Waals surface area contributed by atoms with Crippen LogP contribution in [0.5, 0.6) is 0 Å². The number of aromatic nitrogens is 2. The number of hydrogen-bond acceptors (Lipinski definition) is 7. The van der Waals surface area contributed by atoms with E-state index < -0.39 is 0 Å². The maximum Gasteiger partial charge on any atom is 0.290 e. The molecule has 0 unspecified atom stereocenters. The first-order valence-corrected chi connectivity index (χ1v) is 10.4. The predicted octanol–water partition coefficient (Wildman–Crippen LogP) is 2.96. The molecule has 0 bridgehead atoms. The first-order chi connectivity index (χ1) is 14.8. The topological polar surface area (TPSA) is 127 Å². The van der Waals surface area contributed by atoms with Crippen molar-refractivity contribution in [3.05, 3.63) is 34.0 Å². The summed E-state index contributed by atoms with van der Waals surface area (Å²) in [6.45, 7) is 7.49. The molecule has 0 atom stereocenters. The number of benzene rings is 1. The van der Waals surface area contributed by atoms with E-state index in [1.807, 2.05) is 11.4 Å². The number of anilines is 1. The van der Waals surface area contributed by atoms with Crippen LogP contribution in [0.1, 0.15) is 22.2 Å². The number of thiophene rings is 1. The van der Waals surface area contributed by atoms with Crippen LogP contribution in [0, 0.1) is 6.92 Å². The number of carbonyl (C=O) groups is 3. The van der Waals surface area contributed by atoms with E-state index in [9.17, 15) is 4.79 Å². The summed E-state index contributed by atoms with van der Waals surface area (Å²) in [5.41, 5.74) is 5.47. The van der Waals surface area contributed by atoms with Gasteiger partial charge in [0.05, 0.1) is 15.9 Å². The van der Waals surface area contributed by atoms with Crippen LogP contribution >= 0.6 is 11.3 Å². The molecule has 1 aliphatic rings. The number of ketones is 1. The molecule has 10 heteroatoms. The maximum absolute atomic E-state index is 11.5. The fourth-order valence-electron chi connectivity index (χ4n) is 3.30. The van der Waals surface area contributed by atoms with E-state index >= 15 is 0 Å². The molecule has 0 saturated carbocycles. The lowest BCUT2D eigenvalue weighted by molar-refractivity contribution is -0.123. The lowest BCUT2D eigenvalue weighted by atomic mass is 10.1. The minimum Gasteiger partial charge on any atom is -0.483 e. The van der Waals surface area contributed by atoms with E-state index in [2.05, 4.69) is 40.9 Å². The molecule has 31 heavy (non-hydrogen) atoms. The number of rotatable bonds is 3. The average Bonchev–Trinajstić information content (AvgIpc) is 3.37. The molecule has 1 aliphatic heterocycles. The molecule has 9 nitrogen and oxygen atoms in total. The third kappa shape index (κ3) is 6.12. The van der Waals surface area contributed by atoms with Crippen molar-refractivity contribution >= 4 is 46.8 Å². The van der Waals surface area contributed by atoms with Gasteiger partial charge < -0.3 is 25.0 Å². The second-order valence-corrected chi connectivity index (χ2v) is 7.91. The van der Waals surface area contributed by atoms with Crippen LogP contribution in [0.25, 0.3) is 22.4 Å². The quantitative estimate of drug-likeness (QED) is 0.414. The third-order valence-electron chi connectivity index (χ3n) is 4.85. The smallest absolute Gasteiger partial charge is 0.290 e. The van der Waals surface area contributed by atoms with Crippen LogP contribution in [0.4, 0.5) is 5.69 Å². The summed E-state index contributed by atoms with van der Waals surface area (Å²) in [5.74, 6) is 0.929. The Bertz CT molecular complexity index is 1030. The summed E-state index contributed by atoms with van der Waals surface area (Å²) in [7, 11) is 2.17. The minimum atomic E-state index is -0.250. The molecule has 3 N–H and O–H groups in total. The van der Waals surface area contributed by atoms with Crippen molar-refractivity contribution in [2.45, 2.75) is 13.8 Å². The van der Waals surface area contributed by atoms with Gasteiger partial charge in [-0.15, -0.1) is 11.3 Å². The van der Waals surface area contributed by atoms with Crippen LogP contribution < -0.4 is 4.90 Å². The molecular weight excluding hydrogens is 420 g/mol. The van der Waals surface area contributed by atoms with Gasteiger partial charge in [-0.2, -0.15) is 0 Å². The highest BCUT2D eigenvalue weighted by Crippen LogP contribution is 2.30. The molecule has 0 aliphatic carbocycles. The molecule has 166 valence electrons. The zero-order valence-electron chi connectivity index (χ0n) is 17.7. The van der Waals surface area contributed by atoms with Gasteiger partial charge in [0, 0.05) is 42.8 Å². The summed E-state index contributed by atoms with van der Waals surface area (Å²) in [6.07, 6.45) is 0. The summed E-state index contributed by atoms with van der Waals surface area (Å²) < 4.78 is 0. The van der Waals surface area contributed by atoms with Gasteiger partial charge in [-0.25, -0.2) is 4.98 Å². The highest BCUT2D eigenvalue weighted by atomic mass is 32.1. The van der Waals surface area contributed by atoms with E-state index in [1.165, 1.54) is 22.6 Å². The number of hydrogen-bond donors (Lipinski definition) is 3. The molecule has 4 rings (SSSR count). The van der Waals surface area contributed by atoms with Crippen LogP contribution in [-0.4, -0.2) is 77.0 Å². The Morgan fingerprint density at radius 2 is 1.74 bits per heavy atom. The zero-order valence-corrected chi connectivity index (χ0v) is 18.5. The number of nitrogens with zero attached hydrogens (tertiary/aromatic N) is 3. The number of carbonyl (C=O) groups excluding carboxylic acids is 1. The van der Waals surface area contributed by atoms with Gasteiger partial charge in [0.25, 0.3) is 12.9 Å². The maximum atomic E-state index is 11.5. The Morgan fingerprint density at radius 3 is 2.29 bits per heavy atom. The Hall–Kier alpha value is -3.24. The van der Waals surface area contributed by atoms with Gasteiger partial charge in [0.15, 0.2) is 5.78 Å². The lowest BCUT2D eigenvalue weighted by Gasteiger charge is -2.34. The number of nitrogens with one attached hydrogen (secondary N) is 1. The van der Waals surface area contributed by atoms with E-state index in [1.54, 1.807) is 6.92 Å². The molecule has 3 heterocycles. The van der Waals surface area contributed by atoms with Gasteiger partial charge in [-0.05, 0) is 44.7 Å². The summed E-state index contributed by atoms with van der Waals surface area (Å²) in [5, 5.41) is 15.8. The van der Waals surface area contributed by atoms with Crippen molar-refractivity contribution < 1.29 is 24.6 Å². The summed E-state index contributed by atoms with van der Waals surface area (Å²) in [6, 6.07) is 6.34. The van der Waals surface area contributed by atoms with Crippen molar-refractivity contribution in [1.82, 2.24) is 14.9 Å². The van der Waals surface area contributed by atoms with Crippen LogP contribution in [0.2, 0.25) is 0 Å². The molecule has 0 radical (unpaired) electrons. The molecule has 1 aromatic carbocycles. The zero-order chi connectivity index (χ0) is 23.0. The number of imidazole rings is 1. The molecule has 2 aromatic heterocycles. The number of fused-ring (bicyclic) bond motifs is 1. The molecule has 0 spiro atoms. The number of likely N-dealkylation sites (N-methyl/N-ethyl adjacent to an activating group) is 1. The Balaban J connectivity index is 0.000000513. The fraction of sp³-hybridized carbons (Fsp3) is 0.333. The predicted molar refractivity (Wildman–Crippen MR) is 121 cm³/mol. The minimum absolute atomic E-state index is 0.0981. The largest absolute Gasteiger partial charge is 0.483 e. The Labute approximate surface area is 183 Å². The number of aryl methyl sites for hydroxylation is 1. The van der Waals surface area contributed by atoms with Gasteiger partial charge in [-0.3, -0.25) is 14.4 Å². The van der Waals surface area contributed by atoms with E-state index in [4.69, 9.17) is 24.8 Å². The summed E-state index contributed by atoms with van der Waals surface area (Å²) >= 11 is 1.47. The third-order valence-corrected chi connectivity index (χ3v) is 5.88. The Morgan fingerprint density at radius 1 is 1.13 bits per heavy atom. The van der Waals surface area contributed by atoms with Gasteiger partial charge in [0.1, 0.15) is 5.82 Å². The lowest BCUT2D eigenvalue weighted by Crippen LogP contribution is -2.44. The van der Waals surface area contributed by atoms with Gasteiger partial charge >= 0.3 is 0 Å². The highest BCUT2D eigenvalue weighted by molar-refractivity contribution is 7.12. The number of piperazine rings is 1. The molecular formula is C21H26N4O5S. The Kier molecular flexibility index (Phi) is 8.71. The van der Waals surface area contributed by atoms with Crippen LogP contribution in [0.3, 0.4) is 0 Å². The van der Waals surface area contributed by atoms with Crippen LogP contribution in [-0.2, 0) is 9.59 Å². The molecule has 0 amide bonds. The first kappa shape index (κ1) is 24.0. The van der Waals surface area contributed by atoms with Crippen molar-refractivity contribution in [2.24, 2.45) is 0 Å². The second-order valence-electron chi connectivity index (χ2n) is 7.00. The monoisotopic (exact) mass is 446 g/mol. The normalized spacial score (nSPS) is 13.6. The van der Waals surface area contributed by atoms with E-state index in [0.29, 0.717) is 0 Å².